The topological polar surface area (TPSA) is 78.3 Å². The van der Waals surface area contributed by atoms with Crippen molar-refractivity contribution in [2.75, 3.05) is 0 Å². The number of hydrogen-bond acceptors (Lipinski definition) is 3. The van der Waals surface area contributed by atoms with Crippen molar-refractivity contribution in [3.8, 4) is 5.75 Å². The number of carbonyl (C=O) groups excluding carboxylic acids is 1. The van der Waals surface area contributed by atoms with Crippen LogP contribution < -0.4 is 16.2 Å². The molecule has 0 aromatic heterocycles. The summed E-state index contributed by atoms with van der Waals surface area (Å²) in [6.45, 7) is 2.06. The van der Waals surface area contributed by atoms with Crippen molar-refractivity contribution in [1.29, 1.82) is 0 Å². The van der Waals surface area contributed by atoms with E-state index in [4.69, 9.17) is 27.8 Å². The number of primary amides is 1. The molecule has 0 bridgehead atoms. The first-order valence-corrected chi connectivity index (χ1v) is 7.29. The van der Waals surface area contributed by atoms with Crippen LogP contribution in [0.4, 0.5) is 0 Å². The van der Waals surface area contributed by atoms with E-state index in [0.29, 0.717) is 18.1 Å². The van der Waals surface area contributed by atoms with Gasteiger partial charge < -0.3 is 16.2 Å². The fourth-order valence-corrected chi connectivity index (χ4v) is 2.22. The van der Waals surface area contributed by atoms with E-state index >= 15 is 0 Å². The molecular formula is C17H19ClN2O2. The zero-order chi connectivity index (χ0) is 16.2. The maximum atomic E-state index is 11.2. The second-order valence-corrected chi connectivity index (χ2v) is 5.96. The van der Waals surface area contributed by atoms with Gasteiger partial charge in [-0.1, -0.05) is 35.9 Å². The molecule has 0 heterocycles. The molecule has 0 aliphatic rings. The Labute approximate surface area is 135 Å². The SMILES string of the molecule is C[C@@](N)(Cc1ccc(OCc2cccc(Cl)c2)cc1)C(N)=O. The van der Waals surface area contributed by atoms with Gasteiger partial charge in [0.25, 0.3) is 0 Å². The molecule has 0 aliphatic carbocycles. The van der Waals surface area contributed by atoms with E-state index < -0.39 is 11.4 Å². The highest BCUT2D eigenvalue weighted by molar-refractivity contribution is 6.30. The van der Waals surface area contributed by atoms with Gasteiger partial charge in [-0.05, 0) is 48.7 Å². The zero-order valence-corrected chi connectivity index (χ0v) is 13.1. The summed E-state index contributed by atoms with van der Waals surface area (Å²) in [6.07, 6.45) is 0.386. The Bertz CT molecular complexity index is 654. The fourth-order valence-electron chi connectivity index (χ4n) is 2.01. The summed E-state index contributed by atoms with van der Waals surface area (Å²) in [5.41, 5.74) is 12.0. The lowest BCUT2D eigenvalue weighted by molar-refractivity contribution is -0.122. The van der Waals surface area contributed by atoms with Crippen LogP contribution in [0.5, 0.6) is 5.75 Å². The molecule has 22 heavy (non-hydrogen) atoms. The van der Waals surface area contributed by atoms with Crippen molar-refractivity contribution in [2.24, 2.45) is 11.5 Å². The molecule has 0 unspecified atom stereocenters. The van der Waals surface area contributed by atoms with Gasteiger partial charge in [-0.2, -0.15) is 0 Å². The molecule has 5 heteroatoms. The number of hydrogen-bond donors (Lipinski definition) is 2. The molecule has 1 amide bonds. The van der Waals surface area contributed by atoms with Crippen LogP contribution in [0.2, 0.25) is 5.02 Å². The van der Waals surface area contributed by atoms with Crippen molar-refractivity contribution in [3.63, 3.8) is 0 Å². The van der Waals surface area contributed by atoms with Crippen molar-refractivity contribution >= 4 is 17.5 Å². The third-order valence-corrected chi connectivity index (χ3v) is 3.59. The van der Waals surface area contributed by atoms with E-state index in [1.54, 1.807) is 6.92 Å². The first kappa shape index (κ1) is 16.3. The third kappa shape index (κ3) is 4.48. The quantitative estimate of drug-likeness (QED) is 0.859. The Balaban J connectivity index is 1.96. The maximum Gasteiger partial charge on any atom is 0.237 e. The molecule has 0 spiro atoms. The van der Waals surface area contributed by atoms with Crippen LogP contribution in [0.1, 0.15) is 18.1 Å². The number of nitrogens with two attached hydrogens (primary N) is 2. The Morgan fingerprint density at radius 3 is 2.45 bits per heavy atom. The zero-order valence-electron chi connectivity index (χ0n) is 12.4. The Morgan fingerprint density at radius 1 is 1.18 bits per heavy atom. The van der Waals surface area contributed by atoms with Gasteiger partial charge in [0.05, 0.1) is 5.54 Å². The summed E-state index contributed by atoms with van der Waals surface area (Å²) in [4.78, 5) is 11.2. The van der Waals surface area contributed by atoms with Crippen LogP contribution in [0.3, 0.4) is 0 Å². The molecule has 2 aromatic carbocycles. The molecule has 1 atom stereocenters. The highest BCUT2D eigenvalue weighted by Gasteiger charge is 2.25. The minimum atomic E-state index is -1.05. The summed E-state index contributed by atoms with van der Waals surface area (Å²) in [5.74, 6) is 0.218. The predicted octanol–water partition coefficient (Wildman–Crippen LogP) is 2.66. The molecule has 0 saturated heterocycles. The summed E-state index contributed by atoms with van der Waals surface area (Å²) < 4.78 is 5.70. The van der Waals surface area contributed by atoms with Gasteiger partial charge in [-0.3, -0.25) is 4.79 Å². The number of benzene rings is 2. The van der Waals surface area contributed by atoms with E-state index in [0.717, 1.165) is 16.9 Å². The number of carbonyl (C=O) groups is 1. The summed E-state index contributed by atoms with van der Waals surface area (Å²) in [6, 6.07) is 15.0. The molecule has 0 saturated carbocycles. The van der Waals surface area contributed by atoms with Crippen molar-refractivity contribution in [2.45, 2.75) is 25.5 Å². The Morgan fingerprint density at radius 2 is 1.86 bits per heavy atom. The van der Waals surface area contributed by atoms with Crippen molar-refractivity contribution in [3.05, 3.63) is 64.7 Å². The molecule has 116 valence electrons. The fraction of sp³-hybridized carbons (Fsp3) is 0.235. The molecule has 0 aliphatic heterocycles. The predicted molar refractivity (Wildman–Crippen MR) is 87.7 cm³/mol. The van der Waals surface area contributed by atoms with Crippen LogP contribution in [0.15, 0.2) is 48.5 Å². The highest BCUT2D eigenvalue weighted by Crippen LogP contribution is 2.18. The average Bonchev–Trinajstić information content (AvgIpc) is 2.46. The lowest BCUT2D eigenvalue weighted by Gasteiger charge is -2.20. The second-order valence-electron chi connectivity index (χ2n) is 5.52. The van der Waals surface area contributed by atoms with E-state index in [-0.39, 0.29) is 0 Å². The van der Waals surface area contributed by atoms with Gasteiger partial charge >= 0.3 is 0 Å². The smallest absolute Gasteiger partial charge is 0.237 e. The van der Waals surface area contributed by atoms with Crippen LogP contribution >= 0.6 is 11.6 Å². The molecule has 4 N–H and O–H groups in total. The van der Waals surface area contributed by atoms with Crippen molar-refractivity contribution in [1.82, 2.24) is 0 Å². The number of amides is 1. The van der Waals surface area contributed by atoms with E-state index in [9.17, 15) is 4.79 Å². The Hall–Kier alpha value is -2.04. The molecule has 2 rings (SSSR count). The van der Waals surface area contributed by atoms with Gasteiger partial charge in [-0.15, -0.1) is 0 Å². The first-order chi connectivity index (χ1) is 10.4. The van der Waals surface area contributed by atoms with Gasteiger partial charge in [-0.25, -0.2) is 0 Å². The van der Waals surface area contributed by atoms with E-state index in [1.165, 1.54) is 0 Å². The monoisotopic (exact) mass is 318 g/mol. The lowest BCUT2D eigenvalue weighted by Crippen LogP contribution is -2.51. The van der Waals surface area contributed by atoms with E-state index in [1.807, 2.05) is 48.5 Å². The molecule has 0 radical (unpaired) electrons. The number of ether oxygens (including phenoxy) is 1. The largest absolute Gasteiger partial charge is 0.489 e. The van der Waals surface area contributed by atoms with Crippen LogP contribution in [-0.2, 0) is 17.8 Å². The lowest BCUT2D eigenvalue weighted by atomic mass is 9.93. The number of rotatable bonds is 6. The third-order valence-electron chi connectivity index (χ3n) is 3.35. The first-order valence-electron chi connectivity index (χ1n) is 6.92. The second kappa shape index (κ2) is 6.81. The van der Waals surface area contributed by atoms with Gasteiger partial charge in [0.2, 0.25) is 5.91 Å². The van der Waals surface area contributed by atoms with Gasteiger partial charge in [0.1, 0.15) is 12.4 Å². The molecular weight excluding hydrogens is 300 g/mol. The maximum absolute atomic E-state index is 11.2. The van der Waals surface area contributed by atoms with Crippen LogP contribution in [0, 0.1) is 0 Å². The highest BCUT2D eigenvalue weighted by atomic mass is 35.5. The molecule has 2 aromatic rings. The van der Waals surface area contributed by atoms with Crippen LogP contribution in [0.25, 0.3) is 0 Å². The number of halogens is 1. The van der Waals surface area contributed by atoms with Gasteiger partial charge in [0, 0.05) is 5.02 Å². The normalized spacial score (nSPS) is 13.4. The van der Waals surface area contributed by atoms with Crippen LogP contribution in [-0.4, -0.2) is 11.4 Å². The van der Waals surface area contributed by atoms with Crippen molar-refractivity contribution < 1.29 is 9.53 Å². The minimum Gasteiger partial charge on any atom is -0.489 e. The minimum absolute atomic E-state index is 0.386. The molecule has 4 nitrogen and oxygen atoms in total. The Kier molecular flexibility index (Phi) is 5.06. The summed E-state index contributed by atoms with van der Waals surface area (Å²) >= 11 is 5.93. The van der Waals surface area contributed by atoms with E-state index in [2.05, 4.69) is 0 Å². The summed E-state index contributed by atoms with van der Waals surface area (Å²) in [5, 5.41) is 0.685. The summed E-state index contributed by atoms with van der Waals surface area (Å²) in [7, 11) is 0. The molecule has 0 fully saturated rings. The average molecular weight is 319 g/mol. The van der Waals surface area contributed by atoms with Gasteiger partial charge in [0.15, 0.2) is 0 Å². The standard InChI is InChI=1S/C17H19ClN2O2/c1-17(20,16(19)21)10-12-5-7-15(8-6-12)22-11-13-3-2-4-14(18)9-13/h2-9H,10-11,20H2,1H3,(H2,19,21)/t17-/m1/s1.